The lowest BCUT2D eigenvalue weighted by Crippen LogP contribution is -2.21. The van der Waals surface area contributed by atoms with E-state index in [1.54, 1.807) is 11.3 Å². The van der Waals surface area contributed by atoms with Gasteiger partial charge in [0.15, 0.2) is 0 Å². The molecule has 0 amide bonds. The molecule has 7 nitrogen and oxygen atoms in total. The lowest BCUT2D eigenvalue weighted by atomic mass is 10.2. The van der Waals surface area contributed by atoms with Crippen molar-refractivity contribution in [2.75, 3.05) is 26.5 Å². The Morgan fingerprint density at radius 1 is 1.12 bits per heavy atom. The smallest absolute Gasteiger partial charge is 0.201 e. The second-order valence-electron chi connectivity index (χ2n) is 5.10. The Hall–Kier alpha value is -2.07. The van der Waals surface area contributed by atoms with Crippen LogP contribution in [0.5, 0.6) is 0 Å². The second kappa shape index (κ2) is 7.22. The van der Waals surface area contributed by atoms with Crippen LogP contribution in [0, 0.1) is 0 Å². The van der Waals surface area contributed by atoms with Gasteiger partial charge in [-0.1, -0.05) is 0 Å². The second-order valence-corrected chi connectivity index (χ2v) is 7.00. The molecule has 1 aromatic rings. The highest BCUT2D eigenvalue weighted by molar-refractivity contribution is 7.79. The summed E-state index contributed by atoms with van der Waals surface area (Å²) in [5, 5.41) is 4.37. The minimum atomic E-state index is -5.17. The van der Waals surface area contributed by atoms with E-state index < -0.39 is 10.4 Å². The van der Waals surface area contributed by atoms with Gasteiger partial charge >= 0.3 is 0 Å². The largest absolute Gasteiger partial charge is 0.759 e. The maximum Gasteiger partial charge on any atom is 0.201 e. The molecule has 1 heterocycles. The maximum atomic E-state index is 8.52. The molecule has 0 fully saturated rings. The summed E-state index contributed by atoms with van der Waals surface area (Å²) in [4.78, 5) is 5.93. The molecule has 1 aromatic carbocycles. The summed E-state index contributed by atoms with van der Waals surface area (Å²) in [6.45, 7) is 0. The van der Waals surface area contributed by atoms with E-state index in [1.807, 2.05) is 7.05 Å². The first-order valence-electron chi connectivity index (χ1n) is 6.87. The Labute approximate surface area is 143 Å². The lowest BCUT2D eigenvalue weighted by molar-refractivity contribution is 0.352. The minimum absolute atomic E-state index is 1.05. The Morgan fingerprint density at radius 3 is 2.38 bits per heavy atom. The number of fused-ring (bicyclic) bond motifs is 2. The Balaban J connectivity index is 0.000000368. The highest BCUT2D eigenvalue weighted by Gasteiger charge is 2.08. The average molecular weight is 366 g/mol. The van der Waals surface area contributed by atoms with Crippen molar-refractivity contribution in [3.63, 3.8) is 0 Å². The van der Waals surface area contributed by atoms with Crippen LogP contribution >= 0.6 is 11.3 Å². The first kappa shape index (κ1) is 18.3. The van der Waals surface area contributed by atoms with Crippen LogP contribution in [0.4, 0.5) is 5.69 Å². The number of hydrogen-bond donors (Lipinski definition) is 1. The van der Waals surface area contributed by atoms with Crippen LogP contribution in [0.3, 0.4) is 0 Å². The zero-order chi connectivity index (χ0) is 17.9. The van der Waals surface area contributed by atoms with E-state index >= 15 is 0 Å². The van der Waals surface area contributed by atoms with Crippen LogP contribution in [-0.2, 0) is 10.4 Å². The van der Waals surface area contributed by atoms with Crippen molar-refractivity contribution < 1.29 is 17.5 Å². The molecule has 0 radical (unpaired) electrons. The van der Waals surface area contributed by atoms with Crippen LogP contribution in [0.2, 0.25) is 0 Å². The number of anilines is 1. The molecule has 0 saturated carbocycles. The van der Waals surface area contributed by atoms with Gasteiger partial charge in [0.05, 0.1) is 20.8 Å². The maximum absolute atomic E-state index is 8.52. The summed E-state index contributed by atoms with van der Waals surface area (Å²) in [6, 6.07) is 12.7. The SMILES string of the molecule is CNc1ccc2nc3ccc(=[N+](C)C)cc-3sc2c1.O=S(=O)([O-])[O-]. The fourth-order valence-electron chi connectivity index (χ4n) is 2.05. The molecule has 1 N–H and O–H groups in total. The lowest BCUT2D eigenvalue weighted by Gasteiger charge is -2.07. The molecule has 3 rings (SSSR count). The number of nitrogens with one attached hydrogen (secondary N) is 1. The molecule has 0 spiro atoms. The van der Waals surface area contributed by atoms with Gasteiger partial charge in [-0.05, 0) is 24.3 Å². The Bertz CT molecular complexity index is 1000. The quantitative estimate of drug-likeness (QED) is 0.299. The predicted octanol–water partition coefficient (Wildman–Crippen LogP) is 1.14. The van der Waals surface area contributed by atoms with Crippen LogP contribution in [0.1, 0.15) is 0 Å². The van der Waals surface area contributed by atoms with Crippen molar-refractivity contribution in [3.8, 4) is 10.6 Å². The minimum Gasteiger partial charge on any atom is -0.759 e. The molecule has 0 atom stereocenters. The van der Waals surface area contributed by atoms with Crippen LogP contribution < -0.4 is 15.2 Å². The normalized spacial score (nSPS) is 11.0. The summed E-state index contributed by atoms with van der Waals surface area (Å²) in [5.74, 6) is 0. The first-order valence-corrected chi connectivity index (χ1v) is 9.02. The molecule has 2 aliphatic rings. The molecule has 0 bridgehead atoms. The third-order valence-electron chi connectivity index (χ3n) is 3.17. The average Bonchev–Trinajstić information content (AvgIpc) is 2.50. The summed E-state index contributed by atoms with van der Waals surface area (Å²) < 4.78 is 37.4. The number of hydrogen-bond acceptors (Lipinski definition) is 7. The summed E-state index contributed by atoms with van der Waals surface area (Å²) in [6.07, 6.45) is 0. The fourth-order valence-corrected chi connectivity index (χ4v) is 3.09. The fraction of sp³-hybridized carbons (Fsp3) is 0.200. The van der Waals surface area contributed by atoms with Crippen molar-refractivity contribution in [3.05, 3.63) is 41.8 Å². The molecule has 9 heteroatoms. The van der Waals surface area contributed by atoms with Gasteiger partial charge < -0.3 is 14.4 Å². The first-order chi connectivity index (χ1) is 11.2. The zero-order valence-corrected chi connectivity index (χ0v) is 14.9. The molecule has 1 aliphatic heterocycles. The predicted molar refractivity (Wildman–Crippen MR) is 93.4 cm³/mol. The monoisotopic (exact) mass is 366 g/mol. The Morgan fingerprint density at radius 2 is 1.79 bits per heavy atom. The van der Waals surface area contributed by atoms with E-state index in [0.717, 1.165) is 16.9 Å². The summed E-state index contributed by atoms with van der Waals surface area (Å²) >= 11 is 1.78. The molecular formula is C15H16N3O4S2-. The van der Waals surface area contributed by atoms with Crippen LogP contribution in [-0.4, -0.2) is 43.7 Å². The van der Waals surface area contributed by atoms with Crippen molar-refractivity contribution in [2.24, 2.45) is 0 Å². The van der Waals surface area contributed by atoms with E-state index in [9.17, 15) is 0 Å². The van der Waals surface area contributed by atoms with Gasteiger partial charge in [-0.2, -0.15) is 0 Å². The molecule has 0 saturated heterocycles. The summed E-state index contributed by atoms with van der Waals surface area (Å²) in [7, 11) is 0.878. The zero-order valence-electron chi connectivity index (χ0n) is 13.3. The molecular weight excluding hydrogens is 350 g/mol. The van der Waals surface area contributed by atoms with Crippen molar-refractivity contribution in [2.45, 2.75) is 0 Å². The number of benzene rings is 2. The van der Waals surface area contributed by atoms with Crippen molar-refractivity contribution >= 4 is 37.6 Å². The van der Waals surface area contributed by atoms with Gasteiger partial charge in [0, 0.05) is 35.3 Å². The van der Waals surface area contributed by atoms with Gasteiger partial charge in [-0.15, -0.1) is 11.3 Å². The van der Waals surface area contributed by atoms with E-state index in [4.69, 9.17) is 22.5 Å². The van der Waals surface area contributed by atoms with E-state index in [2.05, 4.69) is 60.4 Å². The molecule has 1 aliphatic carbocycles. The highest BCUT2D eigenvalue weighted by atomic mass is 32.3. The molecule has 128 valence electrons. The van der Waals surface area contributed by atoms with Gasteiger partial charge in [0.1, 0.15) is 14.1 Å². The Kier molecular flexibility index (Phi) is 5.50. The van der Waals surface area contributed by atoms with E-state index in [-0.39, 0.29) is 0 Å². The van der Waals surface area contributed by atoms with Gasteiger partial charge in [-0.3, -0.25) is 8.42 Å². The van der Waals surface area contributed by atoms with Gasteiger partial charge in [0.25, 0.3) is 0 Å². The van der Waals surface area contributed by atoms with E-state index in [1.165, 1.54) is 14.9 Å². The van der Waals surface area contributed by atoms with Crippen molar-refractivity contribution in [1.29, 1.82) is 0 Å². The van der Waals surface area contributed by atoms with Crippen LogP contribution in [0.15, 0.2) is 36.4 Å². The number of aromatic nitrogens is 1. The highest BCUT2D eigenvalue weighted by Crippen LogP contribution is 2.30. The third kappa shape index (κ3) is 4.96. The number of rotatable bonds is 1. The van der Waals surface area contributed by atoms with Crippen molar-refractivity contribution in [1.82, 2.24) is 9.56 Å². The number of nitrogens with zero attached hydrogens (tertiary/aromatic N) is 2. The van der Waals surface area contributed by atoms with Crippen LogP contribution in [0.25, 0.3) is 20.8 Å². The standard InChI is InChI=1S/C15H15N3S.H2O4S/c1-16-10-4-6-12-14(8-10)19-15-9-11(18(2)3)5-7-13(15)17-12;1-5(2,3)4/h4-9H,1-3H3;(H2,1,2,3,4)/p-1. The molecule has 0 unspecified atom stereocenters. The molecule has 24 heavy (non-hydrogen) atoms. The summed E-state index contributed by atoms with van der Waals surface area (Å²) in [5.41, 5.74) is 3.23. The van der Waals surface area contributed by atoms with E-state index in [0.29, 0.717) is 0 Å². The topological polar surface area (TPSA) is 108 Å². The van der Waals surface area contributed by atoms with Gasteiger partial charge in [0.2, 0.25) is 5.36 Å². The molecule has 0 aromatic heterocycles. The van der Waals surface area contributed by atoms with Gasteiger partial charge in [-0.25, -0.2) is 9.56 Å². The third-order valence-corrected chi connectivity index (χ3v) is 4.26.